The second kappa shape index (κ2) is 3.23. The molecule has 5 heteroatoms. The lowest BCUT2D eigenvalue weighted by Gasteiger charge is -1.97. The van der Waals surface area contributed by atoms with E-state index in [-0.39, 0.29) is 6.79 Å². The van der Waals surface area contributed by atoms with Crippen LogP contribution in [0.2, 0.25) is 0 Å². The van der Waals surface area contributed by atoms with Gasteiger partial charge in [0, 0.05) is 11.5 Å². The Morgan fingerprint density at radius 3 is 2.82 bits per heavy atom. The summed E-state index contributed by atoms with van der Waals surface area (Å²) in [6.45, 7) is 0.274. The lowest BCUT2D eigenvalue weighted by molar-refractivity contribution is 0.174. The molecule has 0 radical (unpaired) electrons. The molecule has 17 heavy (non-hydrogen) atoms. The van der Waals surface area contributed by atoms with Gasteiger partial charge < -0.3 is 13.9 Å². The van der Waals surface area contributed by atoms with Crippen LogP contribution in [0.4, 0.5) is 0 Å². The van der Waals surface area contributed by atoms with Crippen molar-refractivity contribution in [2.45, 2.75) is 18.8 Å². The normalized spacial score (nSPS) is 17.4. The fraction of sp³-hybridized carbons (Fsp3) is 0.333. The predicted octanol–water partition coefficient (Wildman–Crippen LogP) is 2.34. The zero-order valence-electron chi connectivity index (χ0n) is 9.05. The highest BCUT2D eigenvalue weighted by molar-refractivity contribution is 5.60. The zero-order valence-corrected chi connectivity index (χ0v) is 9.05. The summed E-state index contributed by atoms with van der Waals surface area (Å²) in [7, 11) is 0. The molecule has 0 bridgehead atoms. The Morgan fingerprint density at radius 2 is 1.94 bits per heavy atom. The largest absolute Gasteiger partial charge is 0.454 e. The summed E-state index contributed by atoms with van der Waals surface area (Å²) in [5.74, 6) is 3.26. The van der Waals surface area contributed by atoms with Gasteiger partial charge in [0.25, 0.3) is 0 Å². The molecule has 2 heterocycles. The number of hydrogen-bond acceptors (Lipinski definition) is 5. The molecule has 0 unspecified atom stereocenters. The topological polar surface area (TPSA) is 57.4 Å². The van der Waals surface area contributed by atoms with Crippen molar-refractivity contribution in [3.05, 3.63) is 24.1 Å². The van der Waals surface area contributed by atoms with Crippen molar-refractivity contribution in [3.8, 4) is 23.0 Å². The Balaban J connectivity index is 1.72. The third kappa shape index (κ3) is 1.46. The van der Waals surface area contributed by atoms with E-state index in [0.29, 0.717) is 11.8 Å². The van der Waals surface area contributed by atoms with Crippen LogP contribution in [0.1, 0.15) is 24.7 Å². The van der Waals surface area contributed by atoms with E-state index in [1.807, 2.05) is 18.2 Å². The zero-order chi connectivity index (χ0) is 11.2. The van der Waals surface area contributed by atoms with Gasteiger partial charge in [-0.1, -0.05) is 0 Å². The second-order valence-corrected chi connectivity index (χ2v) is 4.29. The summed E-state index contributed by atoms with van der Waals surface area (Å²) < 4.78 is 16.2. The van der Waals surface area contributed by atoms with Crippen LogP contribution in [0.5, 0.6) is 11.5 Å². The Morgan fingerprint density at radius 1 is 1.06 bits per heavy atom. The minimum absolute atomic E-state index is 0.274. The summed E-state index contributed by atoms with van der Waals surface area (Å²) in [6.07, 6.45) is 2.31. The lowest BCUT2D eigenvalue weighted by Crippen LogP contribution is -1.92. The Kier molecular flexibility index (Phi) is 1.72. The van der Waals surface area contributed by atoms with Crippen LogP contribution in [-0.2, 0) is 0 Å². The van der Waals surface area contributed by atoms with E-state index in [1.165, 1.54) is 0 Å². The first kappa shape index (κ1) is 9.04. The number of fused-ring (bicyclic) bond motifs is 1. The van der Waals surface area contributed by atoms with Crippen LogP contribution in [0.15, 0.2) is 22.6 Å². The van der Waals surface area contributed by atoms with E-state index in [4.69, 9.17) is 13.9 Å². The van der Waals surface area contributed by atoms with E-state index in [9.17, 15) is 0 Å². The molecule has 2 aliphatic rings. The maximum Gasteiger partial charge on any atom is 0.247 e. The van der Waals surface area contributed by atoms with Crippen molar-refractivity contribution < 1.29 is 13.9 Å². The molecule has 0 N–H and O–H groups in total. The summed E-state index contributed by atoms with van der Waals surface area (Å²) in [5, 5.41) is 8.12. The average molecular weight is 230 g/mol. The molecule has 0 amide bonds. The van der Waals surface area contributed by atoms with Crippen molar-refractivity contribution in [1.29, 1.82) is 0 Å². The van der Waals surface area contributed by atoms with Gasteiger partial charge in [-0.25, -0.2) is 0 Å². The first-order valence-electron chi connectivity index (χ1n) is 5.63. The smallest absolute Gasteiger partial charge is 0.247 e. The van der Waals surface area contributed by atoms with Crippen molar-refractivity contribution >= 4 is 0 Å². The molecule has 1 fully saturated rings. The van der Waals surface area contributed by atoms with E-state index < -0.39 is 0 Å². The standard InChI is InChI=1S/C12H10N2O3/c1-2-7(1)11-13-14-12(17-11)8-3-4-9-10(5-8)16-6-15-9/h3-5,7H,1-2,6H2. The predicted molar refractivity (Wildman–Crippen MR) is 57.8 cm³/mol. The van der Waals surface area contributed by atoms with Crippen LogP contribution in [0.25, 0.3) is 11.5 Å². The molecule has 5 nitrogen and oxygen atoms in total. The fourth-order valence-electron chi connectivity index (χ4n) is 1.88. The minimum atomic E-state index is 0.274. The van der Waals surface area contributed by atoms with Gasteiger partial charge >= 0.3 is 0 Å². The van der Waals surface area contributed by atoms with Gasteiger partial charge in [-0.15, -0.1) is 10.2 Å². The maximum absolute atomic E-state index is 5.63. The summed E-state index contributed by atoms with van der Waals surface area (Å²) >= 11 is 0. The Labute approximate surface area is 97.4 Å². The van der Waals surface area contributed by atoms with Gasteiger partial charge in [0.15, 0.2) is 11.5 Å². The molecule has 0 spiro atoms. The molecule has 2 aromatic rings. The molecule has 1 aromatic heterocycles. The van der Waals surface area contributed by atoms with E-state index in [2.05, 4.69) is 10.2 Å². The molecule has 0 saturated heterocycles. The number of benzene rings is 1. The van der Waals surface area contributed by atoms with E-state index >= 15 is 0 Å². The molecule has 1 saturated carbocycles. The molecule has 4 rings (SSSR count). The first-order chi connectivity index (χ1) is 8.40. The van der Waals surface area contributed by atoms with Gasteiger partial charge in [-0.2, -0.15) is 0 Å². The molecule has 86 valence electrons. The molecule has 1 aliphatic carbocycles. The first-order valence-corrected chi connectivity index (χ1v) is 5.63. The van der Waals surface area contributed by atoms with Crippen molar-refractivity contribution in [2.75, 3.05) is 6.79 Å². The highest BCUT2D eigenvalue weighted by atomic mass is 16.7. The SMILES string of the molecule is c1cc2c(cc1-c1nnc(C3CC3)o1)OCO2. The van der Waals surface area contributed by atoms with Crippen molar-refractivity contribution in [2.24, 2.45) is 0 Å². The monoisotopic (exact) mass is 230 g/mol. The van der Waals surface area contributed by atoms with Crippen molar-refractivity contribution in [3.63, 3.8) is 0 Å². The fourth-order valence-corrected chi connectivity index (χ4v) is 1.88. The third-order valence-corrected chi connectivity index (χ3v) is 2.99. The number of aromatic nitrogens is 2. The van der Waals surface area contributed by atoms with Crippen molar-refractivity contribution in [1.82, 2.24) is 10.2 Å². The number of ether oxygens (including phenoxy) is 2. The number of rotatable bonds is 2. The van der Waals surface area contributed by atoms with Crippen LogP contribution in [0, 0.1) is 0 Å². The summed E-state index contributed by atoms with van der Waals surface area (Å²) in [6, 6.07) is 5.63. The Bertz CT molecular complexity index is 575. The Hall–Kier alpha value is -2.04. The minimum Gasteiger partial charge on any atom is -0.454 e. The highest BCUT2D eigenvalue weighted by Crippen LogP contribution is 2.41. The van der Waals surface area contributed by atoms with Gasteiger partial charge in [0.1, 0.15) is 0 Å². The molecular weight excluding hydrogens is 220 g/mol. The molecule has 1 aromatic carbocycles. The number of hydrogen-bond donors (Lipinski definition) is 0. The second-order valence-electron chi connectivity index (χ2n) is 4.29. The molecule has 0 atom stereocenters. The number of nitrogens with zero attached hydrogens (tertiary/aromatic N) is 2. The van der Waals surface area contributed by atoms with E-state index in [0.717, 1.165) is 35.8 Å². The summed E-state index contributed by atoms with van der Waals surface area (Å²) in [5.41, 5.74) is 0.869. The van der Waals surface area contributed by atoms with Gasteiger partial charge in [0.2, 0.25) is 18.6 Å². The maximum atomic E-state index is 5.63. The van der Waals surface area contributed by atoms with Crippen LogP contribution < -0.4 is 9.47 Å². The van der Waals surface area contributed by atoms with Crippen LogP contribution in [-0.4, -0.2) is 17.0 Å². The molecule has 1 aliphatic heterocycles. The highest BCUT2D eigenvalue weighted by Gasteiger charge is 2.29. The third-order valence-electron chi connectivity index (χ3n) is 2.99. The lowest BCUT2D eigenvalue weighted by atomic mass is 10.2. The van der Waals surface area contributed by atoms with Gasteiger partial charge in [-0.3, -0.25) is 0 Å². The van der Waals surface area contributed by atoms with Gasteiger partial charge in [-0.05, 0) is 31.0 Å². The van der Waals surface area contributed by atoms with Crippen LogP contribution >= 0.6 is 0 Å². The quantitative estimate of drug-likeness (QED) is 0.792. The molecular formula is C12H10N2O3. The van der Waals surface area contributed by atoms with Gasteiger partial charge in [0.05, 0.1) is 0 Å². The van der Waals surface area contributed by atoms with E-state index in [1.54, 1.807) is 0 Å². The summed E-state index contributed by atoms with van der Waals surface area (Å²) in [4.78, 5) is 0. The van der Waals surface area contributed by atoms with Crippen LogP contribution in [0.3, 0.4) is 0 Å². The average Bonchev–Trinajstić information content (AvgIpc) is 2.93.